The molecule has 1 heterocycles. The topological polar surface area (TPSA) is 76.5 Å². The minimum absolute atomic E-state index is 0.481. The number of hydrogen-bond donors (Lipinski definition) is 1. The van der Waals surface area contributed by atoms with Gasteiger partial charge in [0.15, 0.2) is 0 Å². The minimum Gasteiger partial charge on any atom is -0.497 e. The van der Waals surface area contributed by atoms with Gasteiger partial charge in [0.25, 0.3) is 10.2 Å². The van der Waals surface area contributed by atoms with Crippen molar-refractivity contribution in [3.63, 3.8) is 0 Å². The molecule has 2 rings (SSSR count). The number of benzene rings is 1. The van der Waals surface area contributed by atoms with Gasteiger partial charge in [-0.3, -0.25) is 0 Å². The van der Waals surface area contributed by atoms with Crippen LogP contribution in [0.4, 0.5) is 0 Å². The third-order valence-electron chi connectivity index (χ3n) is 4.10. The lowest BCUT2D eigenvalue weighted by Crippen LogP contribution is -2.43. The lowest BCUT2D eigenvalue weighted by atomic mass is 10.1. The number of aryl methyl sites for hydroxylation is 1. The monoisotopic (exact) mass is 380 g/mol. The van der Waals surface area contributed by atoms with E-state index in [1.54, 1.807) is 19.5 Å². The molecular formula is C18H28N4O3S. The van der Waals surface area contributed by atoms with E-state index in [-0.39, 0.29) is 0 Å². The van der Waals surface area contributed by atoms with Gasteiger partial charge in [-0.1, -0.05) is 26.0 Å². The molecule has 7 nitrogen and oxygen atoms in total. The number of methoxy groups -OCH3 is 1. The van der Waals surface area contributed by atoms with Crippen LogP contribution in [0.2, 0.25) is 0 Å². The Balaban J connectivity index is 2.43. The molecule has 0 bridgehead atoms. The van der Waals surface area contributed by atoms with Gasteiger partial charge in [-0.15, -0.1) is 0 Å². The number of aromatic nitrogens is 2. The van der Waals surface area contributed by atoms with Crippen molar-refractivity contribution in [2.75, 3.05) is 20.2 Å². The summed E-state index contributed by atoms with van der Waals surface area (Å²) in [5, 5.41) is 0. The molecule has 0 spiro atoms. The summed E-state index contributed by atoms with van der Waals surface area (Å²) in [6.45, 7) is 4.90. The summed E-state index contributed by atoms with van der Waals surface area (Å²) >= 11 is 0. The zero-order chi connectivity index (χ0) is 19.2. The van der Waals surface area contributed by atoms with Gasteiger partial charge in [-0.2, -0.15) is 17.4 Å². The molecule has 1 atom stereocenters. The standard InChI is InChI=1S/C18H28N4O3S/c1-5-11-22(12-6-2)26(23,24)20-17(18-19-10-13-21(18)3)15-8-7-9-16(14-15)25-4/h7-10,13-14,17,20H,5-6,11-12H2,1-4H3. The first kappa shape index (κ1) is 20.4. The summed E-state index contributed by atoms with van der Waals surface area (Å²) in [7, 11) is -0.234. The number of rotatable bonds is 10. The van der Waals surface area contributed by atoms with Crippen LogP contribution in [-0.2, 0) is 17.3 Å². The van der Waals surface area contributed by atoms with Crippen LogP contribution in [0.1, 0.15) is 44.1 Å². The van der Waals surface area contributed by atoms with Gasteiger partial charge in [0.1, 0.15) is 17.6 Å². The van der Waals surface area contributed by atoms with Gasteiger partial charge in [-0.25, -0.2) is 4.98 Å². The van der Waals surface area contributed by atoms with Crippen molar-refractivity contribution in [3.05, 3.63) is 48.0 Å². The lowest BCUT2D eigenvalue weighted by molar-refractivity contribution is 0.396. The average molecular weight is 381 g/mol. The number of hydrogen-bond acceptors (Lipinski definition) is 4. The molecule has 1 N–H and O–H groups in total. The van der Waals surface area contributed by atoms with E-state index in [4.69, 9.17) is 4.74 Å². The van der Waals surface area contributed by atoms with E-state index in [2.05, 4.69) is 9.71 Å². The Labute approximate surface area is 156 Å². The van der Waals surface area contributed by atoms with Crippen LogP contribution in [0.25, 0.3) is 0 Å². The normalized spacial score (nSPS) is 13.1. The highest BCUT2D eigenvalue weighted by molar-refractivity contribution is 7.87. The second-order valence-electron chi connectivity index (χ2n) is 6.13. The summed E-state index contributed by atoms with van der Waals surface area (Å²) in [5.74, 6) is 1.29. The van der Waals surface area contributed by atoms with Crippen molar-refractivity contribution in [1.82, 2.24) is 18.6 Å². The van der Waals surface area contributed by atoms with Crippen LogP contribution >= 0.6 is 0 Å². The molecule has 0 amide bonds. The molecular weight excluding hydrogens is 352 g/mol. The highest BCUT2D eigenvalue weighted by Gasteiger charge is 2.28. The van der Waals surface area contributed by atoms with Crippen molar-refractivity contribution >= 4 is 10.2 Å². The maximum absolute atomic E-state index is 13.0. The summed E-state index contributed by atoms with van der Waals surface area (Å²) in [5.41, 5.74) is 0.773. The van der Waals surface area contributed by atoms with E-state index >= 15 is 0 Å². The third-order valence-corrected chi connectivity index (χ3v) is 5.68. The van der Waals surface area contributed by atoms with Crippen LogP contribution in [0.15, 0.2) is 36.7 Å². The smallest absolute Gasteiger partial charge is 0.280 e. The largest absolute Gasteiger partial charge is 0.497 e. The van der Waals surface area contributed by atoms with Crippen molar-refractivity contribution in [1.29, 1.82) is 0 Å². The fourth-order valence-electron chi connectivity index (χ4n) is 2.82. The van der Waals surface area contributed by atoms with E-state index in [0.717, 1.165) is 18.4 Å². The maximum atomic E-state index is 13.0. The SMILES string of the molecule is CCCN(CCC)S(=O)(=O)NC(c1cccc(OC)c1)c1nccn1C. The molecule has 0 aliphatic heterocycles. The molecule has 0 aliphatic carbocycles. The Morgan fingerprint density at radius 2 is 1.96 bits per heavy atom. The lowest BCUT2D eigenvalue weighted by Gasteiger charge is -2.26. The average Bonchev–Trinajstić information content (AvgIpc) is 3.05. The molecule has 0 aliphatic rings. The molecule has 0 fully saturated rings. The van der Waals surface area contributed by atoms with E-state index in [9.17, 15) is 8.42 Å². The Kier molecular flexibility index (Phi) is 7.19. The molecule has 0 radical (unpaired) electrons. The van der Waals surface area contributed by atoms with E-state index in [1.165, 1.54) is 4.31 Å². The van der Waals surface area contributed by atoms with Gasteiger partial charge >= 0.3 is 0 Å². The van der Waals surface area contributed by atoms with Crippen LogP contribution in [0.5, 0.6) is 5.75 Å². The molecule has 0 saturated heterocycles. The Morgan fingerprint density at radius 1 is 1.27 bits per heavy atom. The number of nitrogens with zero attached hydrogens (tertiary/aromatic N) is 3. The number of imidazole rings is 1. The van der Waals surface area contributed by atoms with Crippen molar-refractivity contribution < 1.29 is 13.2 Å². The maximum Gasteiger partial charge on any atom is 0.280 e. The third kappa shape index (κ3) is 4.84. The summed E-state index contributed by atoms with van der Waals surface area (Å²) in [6, 6.07) is 6.76. The minimum atomic E-state index is -3.67. The van der Waals surface area contributed by atoms with Gasteiger partial charge in [0, 0.05) is 32.5 Å². The number of ether oxygens (including phenoxy) is 1. The van der Waals surface area contributed by atoms with Crippen LogP contribution in [-0.4, -0.2) is 42.5 Å². The second-order valence-corrected chi connectivity index (χ2v) is 7.83. The molecule has 1 aromatic carbocycles. The molecule has 26 heavy (non-hydrogen) atoms. The number of nitrogens with one attached hydrogen (secondary N) is 1. The first-order valence-corrected chi connectivity index (χ1v) is 10.3. The Morgan fingerprint density at radius 3 is 2.50 bits per heavy atom. The van der Waals surface area contributed by atoms with Crippen molar-refractivity contribution in [3.8, 4) is 5.75 Å². The predicted molar refractivity (Wildman–Crippen MR) is 102 cm³/mol. The zero-order valence-electron chi connectivity index (χ0n) is 15.8. The fraction of sp³-hybridized carbons (Fsp3) is 0.500. The highest BCUT2D eigenvalue weighted by atomic mass is 32.2. The predicted octanol–water partition coefficient (Wildman–Crippen LogP) is 2.47. The van der Waals surface area contributed by atoms with Gasteiger partial charge in [-0.05, 0) is 30.5 Å². The molecule has 8 heteroatoms. The fourth-order valence-corrected chi connectivity index (χ4v) is 4.35. The summed E-state index contributed by atoms with van der Waals surface area (Å²) < 4.78 is 37.4. The first-order chi connectivity index (χ1) is 12.4. The summed E-state index contributed by atoms with van der Waals surface area (Å²) in [6.07, 6.45) is 4.97. The molecule has 2 aromatic rings. The Hall–Kier alpha value is -1.90. The molecule has 0 saturated carbocycles. The second kappa shape index (κ2) is 9.16. The van der Waals surface area contributed by atoms with Crippen molar-refractivity contribution in [2.45, 2.75) is 32.7 Å². The van der Waals surface area contributed by atoms with E-state index < -0.39 is 16.3 Å². The van der Waals surface area contributed by atoms with E-state index in [0.29, 0.717) is 24.7 Å². The van der Waals surface area contributed by atoms with E-state index in [1.807, 2.05) is 49.7 Å². The van der Waals surface area contributed by atoms with Gasteiger partial charge in [0.2, 0.25) is 0 Å². The molecule has 1 aromatic heterocycles. The van der Waals surface area contributed by atoms with Gasteiger partial charge in [0.05, 0.1) is 7.11 Å². The highest BCUT2D eigenvalue weighted by Crippen LogP contribution is 2.25. The Bertz CT molecular complexity index is 798. The van der Waals surface area contributed by atoms with Crippen molar-refractivity contribution in [2.24, 2.45) is 7.05 Å². The van der Waals surface area contributed by atoms with Crippen LogP contribution < -0.4 is 9.46 Å². The zero-order valence-corrected chi connectivity index (χ0v) is 16.7. The summed E-state index contributed by atoms with van der Waals surface area (Å²) in [4.78, 5) is 4.36. The first-order valence-electron chi connectivity index (χ1n) is 8.81. The van der Waals surface area contributed by atoms with Crippen LogP contribution in [0, 0.1) is 0 Å². The molecule has 144 valence electrons. The van der Waals surface area contributed by atoms with Crippen LogP contribution in [0.3, 0.4) is 0 Å². The molecule has 1 unspecified atom stereocenters. The van der Waals surface area contributed by atoms with Gasteiger partial charge < -0.3 is 9.30 Å². The quantitative estimate of drug-likeness (QED) is 0.687.